The molecule has 2 unspecified atom stereocenters. The summed E-state index contributed by atoms with van der Waals surface area (Å²) in [5, 5.41) is 23.0. The molecule has 0 spiro atoms. The Morgan fingerprint density at radius 3 is 1.52 bits per heavy atom. The number of ether oxygens (including phenoxy) is 2. The van der Waals surface area contributed by atoms with E-state index >= 15 is 0 Å². The first kappa shape index (κ1) is 20.6. The lowest BCUT2D eigenvalue weighted by Crippen LogP contribution is -2.58. The molecule has 0 aromatic rings. The molecule has 0 heterocycles. The van der Waals surface area contributed by atoms with Gasteiger partial charge in [0.2, 0.25) is 0 Å². The van der Waals surface area contributed by atoms with Crippen molar-refractivity contribution in [1.82, 2.24) is 0 Å². The zero-order chi connectivity index (χ0) is 18.4. The maximum Gasteiger partial charge on any atom is 0.309 e. The number of hydrogen-bond donors (Lipinski definition) is 0. The van der Waals surface area contributed by atoms with Gasteiger partial charge in [-0.15, -0.1) is 0 Å². The minimum Gasteiger partial charge on any atom is -0.549 e. The monoisotopic (exact) mass is 328 g/mol. The Kier molecular flexibility index (Phi) is 7.45. The van der Waals surface area contributed by atoms with Crippen LogP contribution in [-0.2, 0) is 28.7 Å². The van der Waals surface area contributed by atoms with Gasteiger partial charge in [-0.3, -0.25) is 9.59 Å². The largest absolute Gasteiger partial charge is 0.549 e. The highest BCUT2D eigenvalue weighted by Gasteiger charge is 2.52. The second-order valence-electron chi connectivity index (χ2n) is 4.87. The van der Waals surface area contributed by atoms with E-state index in [4.69, 9.17) is 9.47 Å². The first-order chi connectivity index (χ1) is 10.6. The Morgan fingerprint density at radius 2 is 1.30 bits per heavy atom. The lowest BCUT2D eigenvalue weighted by atomic mass is 9.63. The predicted molar refractivity (Wildman–Crippen MR) is 73.2 cm³/mol. The molecule has 0 saturated carbocycles. The molecule has 0 aliphatic rings. The average Bonchev–Trinajstić information content (AvgIpc) is 2.47. The Labute approximate surface area is 134 Å². The zero-order valence-electron chi connectivity index (χ0n) is 13.5. The fourth-order valence-electron chi connectivity index (χ4n) is 2.45. The van der Waals surface area contributed by atoms with Crippen molar-refractivity contribution in [2.75, 3.05) is 13.2 Å². The van der Waals surface area contributed by atoms with E-state index in [1.807, 2.05) is 0 Å². The van der Waals surface area contributed by atoms with Gasteiger partial charge in [0.05, 0.1) is 42.4 Å². The Hall–Kier alpha value is -2.38. The third-order valence-electron chi connectivity index (χ3n) is 3.73. The summed E-state index contributed by atoms with van der Waals surface area (Å²) in [5.74, 6) is -8.99. The van der Waals surface area contributed by atoms with E-state index in [1.165, 1.54) is 13.8 Å². The Balaban J connectivity index is 6.26. The van der Waals surface area contributed by atoms with E-state index in [0.29, 0.717) is 0 Å². The molecule has 8 nitrogen and oxygen atoms in total. The SMILES string of the molecule is C=C(C(=O)[O-])C(C(=O)[O-])(C(C)C(=O)OCC)C(C)C(=O)OCC. The van der Waals surface area contributed by atoms with E-state index in [-0.39, 0.29) is 13.2 Å². The molecule has 0 radical (unpaired) electrons. The van der Waals surface area contributed by atoms with Crippen LogP contribution in [0.2, 0.25) is 0 Å². The zero-order valence-corrected chi connectivity index (χ0v) is 13.5. The number of carbonyl (C=O) groups excluding carboxylic acids is 4. The summed E-state index contributed by atoms with van der Waals surface area (Å²) in [7, 11) is 0. The minimum atomic E-state index is -2.56. The molecule has 0 N–H and O–H groups in total. The van der Waals surface area contributed by atoms with Gasteiger partial charge in [0.25, 0.3) is 0 Å². The van der Waals surface area contributed by atoms with Gasteiger partial charge < -0.3 is 29.3 Å². The minimum absolute atomic E-state index is 0.0577. The fraction of sp³-hybridized carbons (Fsp3) is 0.600. The van der Waals surface area contributed by atoms with Gasteiger partial charge in [-0.2, -0.15) is 0 Å². The average molecular weight is 328 g/mol. The second kappa shape index (κ2) is 8.30. The van der Waals surface area contributed by atoms with E-state index in [2.05, 4.69) is 6.58 Å². The summed E-state index contributed by atoms with van der Waals surface area (Å²) in [4.78, 5) is 47.0. The standard InChI is InChI=1S/C15H22O8/c1-6-22-12(18)9(4)15(14(20)21,8(3)11(16)17)10(5)13(19)23-7-2/h9-10H,3,6-7H2,1-2,4-5H3,(H,16,17)(H,20,21)/p-2. The molecule has 0 amide bonds. The molecule has 0 aliphatic carbocycles. The van der Waals surface area contributed by atoms with Crippen molar-refractivity contribution >= 4 is 23.9 Å². The summed E-state index contributed by atoms with van der Waals surface area (Å²) in [6, 6.07) is 0. The second-order valence-corrected chi connectivity index (χ2v) is 4.87. The molecule has 0 aromatic carbocycles. The first-order valence-electron chi connectivity index (χ1n) is 7.04. The molecule has 0 aliphatic heterocycles. The van der Waals surface area contributed by atoms with Crippen LogP contribution in [0.25, 0.3) is 0 Å². The predicted octanol–water partition coefficient (Wildman–Crippen LogP) is -1.57. The molecule has 0 fully saturated rings. The summed E-state index contributed by atoms with van der Waals surface area (Å²) in [5.41, 5.74) is -3.52. The number of rotatable bonds is 9. The topological polar surface area (TPSA) is 133 Å². The van der Waals surface area contributed by atoms with Crippen LogP contribution in [0.5, 0.6) is 0 Å². The van der Waals surface area contributed by atoms with Gasteiger partial charge in [-0.25, -0.2) is 0 Å². The third-order valence-corrected chi connectivity index (χ3v) is 3.73. The molecule has 8 heteroatoms. The van der Waals surface area contributed by atoms with Crippen LogP contribution in [0.3, 0.4) is 0 Å². The van der Waals surface area contributed by atoms with Crippen LogP contribution in [0.1, 0.15) is 27.7 Å². The molecule has 0 rings (SSSR count). The molecule has 0 aromatic heterocycles. The van der Waals surface area contributed by atoms with E-state index < -0.39 is 46.7 Å². The smallest absolute Gasteiger partial charge is 0.309 e. The van der Waals surface area contributed by atoms with E-state index in [0.717, 1.165) is 13.8 Å². The molecule has 2 atom stereocenters. The normalized spacial score (nSPS) is 15.7. The molecule has 130 valence electrons. The maximum atomic E-state index is 12.0. The number of hydrogen-bond acceptors (Lipinski definition) is 8. The lowest BCUT2D eigenvalue weighted by molar-refractivity contribution is -0.326. The lowest BCUT2D eigenvalue weighted by Gasteiger charge is -2.44. The van der Waals surface area contributed by atoms with E-state index in [9.17, 15) is 29.4 Å². The van der Waals surface area contributed by atoms with Crippen molar-refractivity contribution in [1.29, 1.82) is 0 Å². The Morgan fingerprint density at radius 1 is 0.957 bits per heavy atom. The van der Waals surface area contributed by atoms with Crippen molar-refractivity contribution in [3.8, 4) is 0 Å². The van der Waals surface area contributed by atoms with Gasteiger partial charge in [0.1, 0.15) is 0 Å². The highest BCUT2D eigenvalue weighted by Crippen LogP contribution is 2.43. The van der Waals surface area contributed by atoms with Crippen LogP contribution >= 0.6 is 0 Å². The number of carboxylic acid groups (broad SMARTS) is 2. The van der Waals surface area contributed by atoms with Crippen LogP contribution in [-0.4, -0.2) is 37.1 Å². The molecular formula is C15H20O8-2. The highest BCUT2D eigenvalue weighted by atomic mass is 16.5. The van der Waals surface area contributed by atoms with Crippen LogP contribution in [0.4, 0.5) is 0 Å². The van der Waals surface area contributed by atoms with Crippen molar-refractivity contribution in [2.24, 2.45) is 17.3 Å². The van der Waals surface area contributed by atoms with Crippen molar-refractivity contribution in [3.05, 3.63) is 12.2 Å². The quantitative estimate of drug-likeness (QED) is 0.366. The molecule has 0 bridgehead atoms. The summed E-state index contributed by atoms with van der Waals surface area (Å²) in [6.07, 6.45) is 0. The van der Waals surface area contributed by atoms with Crippen LogP contribution in [0, 0.1) is 17.3 Å². The van der Waals surface area contributed by atoms with E-state index in [1.54, 1.807) is 0 Å². The number of aliphatic carboxylic acids is 2. The number of carboxylic acids is 2. The van der Waals surface area contributed by atoms with Crippen LogP contribution in [0.15, 0.2) is 12.2 Å². The van der Waals surface area contributed by atoms with Crippen molar-refractivity contribution < 1.29 is 38.9 Å². The first-order valence-corrected chi connectivity index (χ1v) is 7.04. The maximum absolute atomic E-state index is 12.0. The van der Waals surface area contributed by atoms with Crippen LogP contribution < -0.4 is 10.2 Å². The molecular weight excluding hydrogens is 308 g/mol. The third kappa shape index (κ3) is 3.88. The van der Waals surface area contributed by atoms with Gasteiger partial charge in [0, 0.05) is 0 Å². The Bertz CT molecular complexity index is 484. The number of carbonyl (C=O) groups is 4. The molecule has 0 saturated heterocycles. The van der Waals surface area contributed by atoms with Crippen molar-refractivity contribution in [2.45, 2.75) is 27.7 Å². The summed E-state index contributed by atoms with van der Waals surface area (Å²) >= 11 is 0. The van der Waals surface area contributed by atoms with Gasteiger partial charge in [-0.1, -0.05) is 20.4 Å². The van der Waals surface area contributed by atoms with Gasteiger partial charge >= 0.3 is 11.9 Å². The van der Waals surface area contributed by atoms with Gasteiger partial charge in [-0.05, 0) is 19.4 Å². The summed E-state index contributed by atoms with van der Waals surface area (Å²) in [6.45, 7) is 8.29. The molecule has 23 heavy (non-hydrogen) atoms. The van der Waals surface area contributed by atoms with Gasteiger partial charge in [0.15, 0.2) is 0 Å². The van der Waals surface area contributed by atoms with Crippen molar-refractivity contribution in [3.63, 3.8) is 0 Å². The number of esters is 2. The summed E-state index contributed by atoms with van der Waals surface area (Å²) < 4.78 is 9.49. The fourth-order valence-corrected chi connectivity index (χ4v) is 2.45. The highest BCUT2D eigenvalue weighted by molar-refractivity contribution is 6.00.